The lowest BCUT2D eigenvalue weighted by molar-refractivity contribution is -0.132. The van der Waals surface area contributed by atoms with Gasteiger partial charge < -0.3 is 9.84 Å². The van der Waals surface area contributed by atoms with Crippen LogP contribution in [0.3, 0.4) is 0 Å². The maximum Gasteiger partial charge on any atom is 0.328 e. The lowest BCUT2D eigenvalue weighted by Crippen LogP contribution is -2.02. The number of aliphatic carboxylic acids is 1. The molecule has 0 heterocycles. The lowest BCUT2D eigenvalue weighted by Gasteiger charge is -2.05. The number of hydrogen-bond acceptors (Lipinski definition) is 3. The van der Waals surface area contributed by atoms with Gasteiger partial charge in [0.1, 0.15) is 5.75 Å². The van der Waals surface area contributed by atoms with Gasteiger partial charge in [0.25, 0.3) is 0 Å². The molecule has 0 aliphatic rings. The van der Waals surface area contributed by atoms with Gasteiger partial charge in [-0.1, -0.05) is 6.07 Å². The average molecular weight is 220 g/mol. The molecule has 0 unspecified atom stereocenters. The number of carbonyl (C=O) groups excluding carboxylic acids is 1. The first-order valence-corrected chi connectivity index (χ1v) is 4.69. The van der Waals surface area contributed by atoms with E-state index in [2.05, 4.69) is 0 Å². The van der Waals surface area contributed by atoms with Gasteiger partial charge in [-0.3, -0.25) is 4.79 Å². The summed E-state index contributed by atoms with van der Waals surface area (Å²) >= 11 is 0. The predicted molar refractivity (Wildman–Crippen MR) is 59.2 cm³/mol. The van der Waals surface area contributed by atoms with Gasteiger partial charge in [0.05, 0.1) is 0 Å². The molecule has 1 N–H and O–H groups in total. The molecule has 84 valence electrons. The number of esters is 1. The summed E-state index contributed by atoms with van der Waals surface area (Å²) in [5, 5.41) is 8.46. The number of carboxylic acids is 1. The maximum atomic E-state index is 10.8. The average Bonchev–Trinajstić information content (AvgIpc) is 2.18. The first-order valence-electron chi connectivity index (χ1n) is 4.69. The topological polar surface area (TPSA) is 63.6 Å². The van der Waals surface area contributed by atoms with Crippen molar-refractivity contribution in [2.75, 3.05) is 0 Å². The van der Waals surface area contributed by atoms with E-state index < -0.39 is 5.97 Å². The molecule has 0 saturated heterocycles. The van der Waals surface area contributed by atoms with Gasteiger partial charge in [-0.05, 0) is 36.3 Å². The maximum absolute atomic E-state index is 10.8. The molecular weight excluding hydrogens is 208 g/mol. The van der Waals surface area contributed by atoms with E-state index in [0.29, 0.717) is 5.75 Å². The summed E-state index contributed by atoms with van der Waals surface area (Å²) in [7, 11) is 0. The Kier molecular flexibility index (Phi) is 3.83. The Labute approximate surface area is 93.2 Å². The molecule has 0 amide bonds. The Bertz CT molecular complexity index is 446. The largest absolute Gasteiger partial charge is 0.478 e. The highest BCUT2D eigenvalue weighted by Crippen LogP contribution is 2.19. The van der Waals surface area contributed by atoms with Crippen molar-refractivity contribution >= 4 is 18.0 Å². The van der Waals surface area contributed by atoms with E-state index >= 15 is 0 Å². The fourth-order valence-electron chi connectivity index (χ4n) is 1.21. The van der Waals surface area contributed by atoms with E-state index in [0.717, 1.165) is 17.2 Å². The van der Waals surface area contributed by atoms with Crippen LogP contribution < -0.4 is 4.74 Å². The van der Waals surface area contributed by atoms with Crippen LogP contribution >= 0.6 is 0 Å². The molecule has 0 saturated carbocycles. The van der Waals surface area contributed by atoms with Crippen molar-refractivity contribution in [1.29, 1.82) is 0 Å². The first-order chi connectivity index (χ1) is 7.49. The summed E-state index contributed by atoms with van der Waals surface area (Å²) in [5.41, 5.74) is 1.53. The van der Waals surface area contributed by atoms with Crippen molar-refractivity contribution in [3.8, 4) is 5.75 Å². The zero-order valence-electron chi connectivity index (χ0n) is 9.06. The van der Waals surface area contributed by atoms with Crippen molar-refractivity contribution < 1.29 is 19.4 Å². The van der Waals surface area contributed by atoms with Crippen molar-refractivity contribution in [1.82, 2.24) is 0 Å². The second-order valence-electron chi connectivity index (χ2n) is 3.29. The van der Waals surface area contributed by atoms with E-state index in [-0.39, 0.29) is 5.97 Å². The fourth-order valence-corrected chi connectivity index (χ4v) is 1.21. The van der Waals surface area contributed by atoms with Crippen LogP contribution in [0.1, 0.15) is 18.1 Å². The molecule has 0 aliphatic heterocycles. The molecule has 0 spiro atoms. The van der Waals surface area contributed by atoms with Crippen LogP contribution in [0, 0.1) is 6.92 Å². The van der Waals surface area contributed by atoms with Crippen LogP contribution in [0.4, 0.5) is 0 Å². The summed E-state index contributed by atoms with van der Waals surface area (Å²) in [6, 6.07) is 5.07. The van der Waals surface area contributed by atoms with E-state index in [1.807, 2.05) is 0 Å². The third kappa shape index (κ3) is 3.57. The highest BCUT2D eigenvalue weighted by atomic mass is 16.5. The normalized spacial score (nSPS) is 10.4. The molecule has 4 heteroatoms. The van der Waals surface area contributed by atoms with E-state index in [1.165, 1.54) is 13.0 Å². The third-order valence-electron chi connectivity index (χ3n) is 1.87. The monoisotopic (exact) mass is 220 g/mol. The Balaban J connectivity index is 2.90. The minimum absolute atomic E-state index is 0.378. The second-order valence-corrected chi connectivity index (χ2v) is 3.29. The van der Waals surface area contributed by atoms with Crippen molar-refractivity contribution in [2.45, 2.75) is 13.8 Å². The second kappa shape index (κ2) is 5.11. The van der Waals surface area contributed by atoms with E-state index in [1.54, 1.807) is 25.1 Å². The molecule has 1 aromatic rings. The number of carbonyl (C=O) groups is 2. The predicted octanol–water partition coefficient (Wildman–Crippen LogP) is 2.02. The molecule has 0 atom stereocenters. The summed E-state index contributed by atoms with van der Waals surface area (Å²) in [6.07, 6.45) is 2.53. The van der Waals surface area contributed by atoms with Gasteiger partial charge in [0.2, 0.25) is 0 Å². The van der Waals surface area contributed by atoms with Gasteiger partial charge in [-0.2, -0.15) is 0 Å². The zero-order valence-corrected chi connectivity index (χ0v) is 9.06. The third-order valence-corrected chi connectivity index (χ3v) is 1.87. The molecule has 0 fully saturated rings. The van der Waals surface area contributed by atoms with Crippen molar-refractivity contribution in [3.05, 3.63) is 35.4 Å². The molecule has 0 bridgehead atoms. The first kappa shape index (κ1) is 12.0. The van der Waals surface area contributed by atoms with E-state index in [9.17, 15) is 9.59 Å². The summed E-state index contributed by atoms with van der Waals surface area (Å²) in [4.78, 5) is 21.1. The molecule has 1 aromatic carbocycles. The molecular formula is C12H12O4. The van der Waals surface area contributed by atoms with Crippen LogP contribution in [0.5, 0.6) is 5.75 Å². The van der Waals surface area contributed by atoms with Crippen molar-refractivity contribution in [2.24, 2.45) is 0 Å². The van der Waals surface area contributed by atoms with Crippen molar-refractivity contribution in [3.63, 3.8) is 0 Å². The zero-order chi connectivity index (χ0) is 12.1. The summed E-state index contributed by atoms with van der Waals surface area (Å²) < 4.78 is 4.95. The number of ether oxygens (including phenoxy) is 1. The smallest absolute Gasteiger partial charge is 0.328 e. The van der Waals surface area contributed by atoms with Crippen LogP contribution in [0.25, 0.3) is 6.08 Å². The van der Waals surface area contributed by atoms with Gasteiger partial charge in [0, 0.05) is 13.0 Å². The Morgan fingerprint density at radius 1 is 1.38 bits per heavy atom. The number of hydrogen-bond donors (Lipinski definition) is 1. The van der Waals surface area contributed by atoms with Gasteiger partial charge in [-0.15, -0.1) is 0 Å². The van der Waals surface area contributed by atoms with Crippen LogP contribution in [0.2, 0.25) is 0 Å². The quantitative estimate of drug-likeness (QED) is 0.481. The number of carboxylic acid groups (broad SMARTS) is 1. The molecule has 0 aliphatic carbocycles. The Morgan fingerprint density at radius 2 is 2.06 bits per heavy atom. The number of benzene rings is 1. The van der Waals surface area contributed by atoms with Crippen LogP contribution in [-0.4, -0.2) is 17.0 Å². The fraction of sp³-hybridized carbons (Fsp3) is 0.167. The minimum Gasteiger partial charge on any atom is -0.478 e. The minimum atomic E-state index is -0.998. The molecule has 4 nitrogen and oxygen atoms in total. The summed E-state index contributed by atoms with van der Waals surface area (Å²) in [6.45, 7) is 3.12. The molecule has 0 radical (unpaired) electrons. The van der Waals surface area contributed by atoms with Crippen LogP contribution in [0.15, 0.2) is 24.3 Å². The lowest BCUT2D eigenvalue weighted by atomic mass is 10.1. The molecule has 0 aromatic heterocycles. The number of aryl methyl sites for hydroxylation is 1. The van der Waals surface area contributed by atoms with Gasteiger partial charge in [-0.25, -0.2) is 4.79 Å². The molecule has 1 rings (SSSR count). The Morgan fingerprint density at radius 3 is 2.56 bits per heavy atom. The van der Waals surface area contributed by atoms with Crippen LogP contribution in [-0.2, 0) is 9.59 Å². The number of rotatable bonds is 3. The molecule has 16 heavy (non-hydrogen) atoms. The van der Waals surface area contributed by atoms with E-state index in [4.69, 9.17) is 9.84 Å². The standard InChI is InChI=1S/C12H12O4/c1-8-7-10(4-6-12(14)15)3-5-11(8)16-9(2)13/h3-7H,1-2H3,(H,14,15). The van der Waals surface area contributed by atoms with Gasteiger partial charge in [0.15, 0.2) is 0 Å². The van der Waals surface area contributed by atoms with Gasteiger partial charge >= 0.3 is 11.9 Å². The highest BCUT2D eigenvalue weighted by molar-refractivity contribution is 5.85. The SMILES string of the molecule is CC(=O)Oc1ccc(C=CC(=O)O)cc1C. The Hall–Kier alpha value is -2.10. The summed E-state index contributed by atoms with van der Waals surface area (Å²) in [5.74, 6) is -0.890. The highest BCUT2D eigenvalue weighted by Gasteiger charge is 2.02.